The fraction of sp³-hybridized carbons (Fsp3) is 0.250. The van der Waals surface area contributed by atoms with Crippen molar-refractivity contribution in [2.45, 2.75) is 26.8 Å². The molecule has 7 nitrogen and oxygen atoms in total. The molecule has 8 heteroatoms. The maximum Gasteiger partial charge on any atom is 0.335 e. The van der Waals surface area contributed by atoms with E-state index in [-0.39, 0.29) is 5.56 Å². The molecule has 0 fully saturated rings. The van der Waals surface area contributed by atoms with Gasteiger partial charge in [-0.1, -0.05) is 25.4 Å². The van der Waals surface area contributed by atoms with E-state index < -0.39 is 5.97 Å². The predicted octanol–water partition coefficient (Wildman–Crippen LogP) is 4.09. The molecule has 2 aromatic heterocycles. The average molecular weight is 398 g/mol. The summed E-state index contributed by atoms with van der Waals surface area (Å²) in [5, 5.41) is 23.5. The molecule has 0 saturated carbocycles. The number of carboxylic acids is 1. The zero-order valence-corrected chi connectivity index (χ0v) is 16.3. The van der Waals surface area contributed by atoms with Gasteiger partial charge in [-0.3, -0.25) is 9.78 Å². The monoisotopic (exact) mass is 397 g/mol. The van der Waals surface area contributed by atoms with Crippen molar-refractivity contribution in [2.24, 2.45) is 5.92 Å². The predicted molar refractivity (Wildman–Crippen MR) is 110 cm³/mol. The Hall–Kier alpha value is -3.06. The minimum absolute atomic E-state index is 0.177. The molecular formula is C20H20ClN5O2. The van der Waals surface area contributed by atoms with Crippen LogP contribution in [0.5, 0.6) is 0 Å². The highest BCUT2D eigenvalue weighted by atomic mass is 35.5. The van der Waals surface area contributed by atoms with Crippen LogP contribution in [-0.2, 0) is 13.0 Å². The van der Waals surface area contributed by atoms with Crippen molar-refractivity contribution < 1.29 is 9.90 Å². The number of aromatic amines is 1. The number of aromatic nitrogens is 4. The molecule has 0 unspecified atom stereocenters. The van der Waals surface area contributed by atoms with Crippen molar-refractivity contribution in [1.29, 1.82) is 0 Å². The van der Waals surface area contributed by atoms with Gasteiger partial charge >= 0.3 is 5.97 Å². The van der Waals surface area contributed by atoms with Gasteiger partial charge in [0.15, 0.2) is 5.82 Å². The van der Waals surface area contributed by atoms with Crippen LogP contribution in [0.2, 0.25) is 5.02 Å². The summed E-state index contributed by atoms with van der Waals surface area (Å²) in [6, 6.07) is 8.63. The number of halogens is 1. The molecule has 144 valence electrons. The molecule has 0 spiro atoms. The van der Waals surface area contributed by atoms with Crippen molar-refractivity contribution in [3.63, 3.8) is 0 Å². The lowest BCUT2D eigenvalue weighted by atomic mass is 10.0. The Morgan fingerprint density at radius 3 is 2.79 bits per heavy atom. The highest BCUT2D eigenvalue weighted by Crippen LogP contribution is 2.29. The van der Waals surface area contributed by atoms with Crippen LogP contribution in [0, 0.1) is 5.92 Å². The van der Waals surface area contributed by atoms with Crippen molar-refractivity contribution in [2.75, 3.05) is 5.73 Å². The Kier molecular flexibility index (Phi) is 4.47. The molecule has 0 atom stereocenters. The lowest BCUT2D eigenvalue weighted by Crippen LogP contribution is -2.03. The number of anilines is 1. The zero-order chi connectivity index (χ0) is 20.0. The summed E-state index contributed by atoms with van der Waals surface area (Å²) < 4.78 is 1.75. The van der Waals surface area contributed by atoms with E-state index in [1.807, 2.05) is 12.1 Å². The number of H-pyrrole nitrogens is 1. The third-order valence-corrected chi connectivity index (χ3v) is 4.96. The number of benzene rings is 2. The lowest BCUT2D eigenvalue weighted by molar-refractivity contribution is 0.0697. The fourth-order valence-corrected chi connectivity index (χ4v) is 3.73. The number of hydrogen-bond acceptors (Lipinski definition) is 4. The van der Waals surface area contributed by atoms with Crippen molar-refractivity contribution in [3.8, 4) is 0 Å². The average Bonchev–Trinajstić information content (AvgIpc) is 3.16. The molecule has 0 bridgehead atoms. The standard InChI is InChI=1S/C20H20ClN5O2/c1-10(2)5-16-14-8-13(21)6-12(18(14)24-23-16)9-26-17-4-3-11(20(27)28)7-15(17)19(22)25-26/h3-4,6-8,10H,5,9H2,1-2H3,(H2,22,25)(H,23,24)(H,27,28). The van der Waals surface area contributed by atoms with Crippen LogP contribution in [0.4, 0.5) is 5.82 Å². The van der Waals surface area contributed by atoms with Crippen LogP contribution in [-0.4, -0.2) is 31.1 Å². The van der Waals surface area contributed by atoms with Crippen LogP contribution in [0.3, 0.4) is 0 Å². The highest BCUT2D eigenvalue weighted by Gasteiger charge is 2.16. The van der Waals surface area contributed by atoms with Gasteiger partial charge in [-0.15, -0.1) is 0 Å². The van der Waals surface area contributed by atoms with E-state index in [1.54, 1.807) is 22.9 Å². The van der Waals surface area contributed by atoms with Crippen LogP contribution in [0.15, 0.2) is 30.3 Å². The van der Waals surface area contributed by atoms with Gasteiger partial charge in [0.2, 0.25) is 0 Å². The summed E-state index contributed by atoms with van der Waals surface area (Å²) in [6.07, 6.45) is 0.857. The first-order chi connectivity index (χ1) is 13.3. The lowest BCUT2D eigenvalue weighted by Gasteiger charge is -2.07. The largest absolute Gasteiger partial charge is 0.478 e. The molecule has 4 aromatic rings. The first kappa shape index (κ1) is 18.3. The molecule has 0 radical (unpaired) electrons. The molecule has 0 aliphatic rings. The van der Waals surface area contributed by atoms with E-state index in [0.717, 1.165) is 34.1 Å². The van der Waals surface area contributed by atoms with Gasteiger partial charge in [0, 0.05) is 21.4 Å². The maximum atomic E-state index is 11.2. The number of carbonyl (C=O) groups is 1. The summed E-state index contributed by atoms with van der Waals surface area (Å²) in [5.74, 6) is -0.227. The van der Waals surface area contributed by atoms with E-state index >= 15 is 0 Å². The van der Waals surface area contributed by atoms with Gasteiger partial charge in [0.1, 0.15) is 0 Å². The summed E-state index contributed by atoms with van der Waals surface area (Å²) in [5.41, 5.74) is 9.82. The quantitative estimate of drug-likeness (QED) is 0.469. The first-order valence-electron chi connectivity index (χ1n) is 8.98. The number of aromatic carboxylic acids is 1. The zero-order valence-electron chi connectivity index (χ0n) is 15.5. The van der Waals surface area contributed by atoms with Gasteiger partial charge in [0.05, 0.1) is 28.8 Å². The Morgan fingerprint density at radius 2 is 2.07 bits per heavy atom. The van der Waals surface area contributed by atoms with E-state index in [1.165, 1.54) is 0 Å². The van der Waals surface area contributed by atoms with Gasteiger partial charge in [-0.05, 0) is 42.7 Å². The van der Waals surface area contributed by atoms with Gasteiger partial charge in [-0.2, -0.15) is 10.2 Å². The second kappa shape index (κ2) is 6.83. The number of hydrogen-bond donors (Lipinski definition) is 3. The molecule has 0 aliphatic carbocycles. The summed E-state index contributed by atoms with van der Waals surface area (Å²) in [4.78, 5) is 11.2. The number of nitrogens with one attached hydrogen (secondary N) is 1. The molecule has 28 heavy (non-hydrogen) atoms. The van der Waals surface area contributed by atoms with E-state index in [0.29, 0.717) is 28.7 Å². The highest BCUT2D eigenvalue weighted by molar-refractivity contribution is 6.31. The molecule has 2 heterocycles. The Bertz CT molecular complexity index is 1210. The van der Waals surface area contributed by atoms with Gasteiger partial charge < -0.3 is 10.8 Å². The van der Waals surface area contributed by atoms with Crippen LogP contribution >= 0.6 is 11.6 Å². The van der Waals surface area contributed by atoms with Gasteiger partial charge in [-0.25, -0.2) is 4.79 Å². The van der Waals surface area contributed by atoms with Crippen LogP contribution in [0.1, 0.15) is 35.5 Å². The molecular weight excluding hydrogens is 378 g/mol. The molecule has 2 aromatic carbocycles. The van der Waals surface area contributed by atoms with Crippen molar-refractivity contribution in [3.05, 3.63) is 52.2 Å². The number of nitrogens with two attached hydrogens (primary N) is 1. The topological polar surface area (TPSA) is 110 Å². The summed E-state index contributed by atoms with van der Waals surface area (Å²) in [6.45, 7) is 4.73. The van der Waals surface area contributed by atoms with E-state index in [2.05, 4.69) is 29.1 Å². The molecule has 0 aliphatic heterocycles. The van der Waals surface area contributed by atoms with Crippen LogP contribution < -0.4 is 5.73 Å². The SMILES string of the molecule is CC(C)Cc1n[nH]c2c(Cn3nc(N)c4cc(C(=O)O)ccc43)cc(Cl)cc12. The maximum absolute atomic E-state index is 11.2. The van der Waals surface area contributed by atoms with Crippen molar-refractivity contribution in [1.82, 2.24) is 20.0 Å². The Balaban J connectivity index is 1.80. The van der Waals surface area contributed by atoms with Crippen LogP contribution in [0.25, 0.3) is 21.8 Å². The molecule has 0 saturated heterocycles. The third-order valence-electron chi connectivity index (χ3n) is 4.75. The van der Waals surface area contributed by atoms with E-state index in [4.69, 9.17) is 17.3 Å². The number of nitrogens with zero attached hydrogens (tertiary/aromatic N) is 3. The van der Waals surface area contributed by atoms with E-state index in [9.17, 15) is 9.90 Å². The Labute approximate surface area is 166 Å². The number of rotatable bonds is 5. The minimum Gasteiger partial charge on any atom is -0.478 e. The molecule has 4 N–H and O–H groups in total. The third kappa shape index (κ3) is 3.18. The second-order valence-corrected chi connectivity index (χ2v) is 7.77. The van der Waals surface area contributed by atoms with Crippen molar-refractivity contribution >= 4 is 45.2 Å². The first-order valence-corrected chi connectivity index (χ1v) is 9.36. The van der Waals surface area contributed by atoms with Gasteiger partial charge in [0.25, 0.3) is 0 Å². The second-order valence-electron chi connectivity index (χ2n) is 7.34. The minimum atomic E-state index is -0.999. The number of nitrogen functional groups attached to an aromatic ring is 1. The number of fused-ring (bicyclic) bond motifs is 2. The smallest absolute Gasteiger partial charge is 0.335 e. The number of carboxylic acid groups (broad SMARTS) is 1. The Morgan fingerprint density at radius 1 is 1.29 bits per heavy atom. The summed E-state index contributed by atoms with van der Waals surface area (Å²) >= 11 is 6.37. The fourth-order valence-electron chi connectivity index (χ4n) is 3.49. The molecule has 0 amide bonds. The normalized spacial score (nSPS) is 11.7. The molecule has 4 rings (SSSR count). The summed E-state index contributed by atoms with van der Waals surface area (Å²) in [7, 11) is 0.